The minimum absolute atomic E-state index is 0.0305. The molecule has 4 atom stereocenters. The summed E-state index contributed by atoms with van der Waals surface area (Å²) in [5.74, 6) is 1.10. The minimum Gasteiger partial charge on any atom is -0.480 e. The van der Waals surface area contributed by atoms with Gasteiger partial charge < -0.3 is 15.7 Å². The van der Waals surface area contributed by atoms with Crippen LogP contribution in [0.25, 0.3) is 0 Å². The highest BCUT2D eigenvalue weighted by atomic mass is 16.4. The molecule has 0 saturated heterocycles. The number of carbonyl (C=O) groups is 3. The molecule has 0 aromatic heterocycles. The first-order valence-corrected chi connectivity index (χ1v) is 6.84. The third-order valence-corrected chi connectivity index (χ3v) is 4.90. The van der Waals surface area contributed by atoms with Gasteiger partial charge in [-0.05, 0) is 42.9 Å². The van der Waals surface area contributed by atoms with Crippen LogP contribution >= 0.6 is 0 Å². The number of fused-ring (bicyclic) bond motifs is 5. The zero-order valence-corrected chi connectivity index (χ0v) is 10.6. The quantitative estimate of drug-likeness (QED) is 0.630. The van der Waals surface area contributed by atoms with E-state index in [0.717, 1.165) is 11.8 Å². The number of nitrogens with one attached hydrogen (secondary N) is 2. The van der Waals surface area contributed by atoms with Crippen LogP contribution in [-0.4, -0.2) is 36.0 Å². The van der Waals surface area contributed by atoms with Gasteiger partial charge in [0.15, 0.2) is 0 Å². The normalized spacial score (nSPS) is 37.6. The Bertz CT molecular complexity index is 420. The van der Waals surface area contributed by atoms with E-state index in [0.29, 0.717) is 11.8 Å². The van der Waals surface area contributed by atoms with E-state index >= 15 is 0 Å². The Hall–Kier alpha value is -1.59. The van der Waals surface area contributed by atoms with Crippen molar-refractivity contribution in [1.82, 2.24) is 10.6 Å². The first-order valence-electron chi connectivity index (χ1n) is 6.84. The summed E-state index contributed by atoms with van der Waals surface area (Å²) in [6, 6.07) is 0. The zero-order valence-electron chi connectivity index (χ0n) is 10.6. The molecule has 3 N–H and O–H groups in total. The number of carboxylic acids is 1. The molecule has 2 amide bonds. The second-order valence-electron chi connectivity index (χ2n) is 5.90. The van der Waals surface area contributed by atoms with Gasteiger partial charge in [0.1, 0.15) is 6.54 Å². The Labute approximate surface area is 110 Å². The number of carboxylic acid groups (broad SMARTS) is 1. The molecule has 0 spiro atoms. The smallest absolute Gasteiger partial charge is 0.322 e. The highest BCUT2D eigenvalue weighted by molar-refractivity contribution is 5.89. The average molecular weight is 266 g/mol. The number of hydrogen-bond acceptors (Lipinski definition) is 3. The second kappa shape index (κ2) is 4.51. The van der Waals surface area contributed by atoms with Crippen LogP contribution in [0.4, 0.5) is 0 Å². The van der Waals surface area contributed by atoms with Gasteiger partial charge >= 0.3 is 5.97 Å². The van der Waals surface area contributed by atoms with Crippen molar-refractivity contribution in [2.75, 3.05) is 13.1 Å². The number of aliphatic carboxylic acids is 1. The van der Waals surface area contributed by atoms with Gasteiger partial charge in [0.05, 0.1) is 6.54 Å². The van der Waals surface area contributed by atoms with Gasteiger partial charge in [0.2, 0.25) is 11.8 Å². The summed E-state index contributed by atoms with van der Waals surface area (Å²) in [5, 5.41) is 13.3. The topological polar surface area (TPSA) is 95.5 Å². The van der Waals surface area contributed by atoms with Crippen LogP contribution in [0.1, 0.15) is 19.3 Å². The molecule has 3 rings (SSSR count). The molecule has 0 aromatic rings. The first-order chi connectivity index (χ1) is 9.08. The Morgan fingerprint density at radius 2 is 1.63 bits per heavy atom. The van der Waals surface area contributed by atoms with Crippen LogP contribution in [-0.2, 0) is 14.4 Å². The molecule has 19 heavy (non-hydrogen) atoms. The van der Waals surface area contributed by atoms with Crippen LogP contribution in [0.2, 0.25) is 0 Å². The summed E-state index contributed by atoms with van der Waals surface area (Å²) in [6.45, 7) is -0.537. The predicted octanol–water partition coefficient (Wildman–Crippen LogP) is -0.405. The molecule has 4 unspecified atom stereocenters. The van der Waals surface area contributed by atoms with Gasteiger partial charge in [-0.3, -0.25) is 14.4 Å². The lowest BCUT2D eigenvalue weighted by molar-refractivity contribution is -0.137. The highest BCUT2D eigenvalue weighted by Gasteiger charge is 2.67. The summed E-state index contributed by atoms with van der Waals surface area (Å²) < 4.78 is 0. The number of rotatable bonds is 5. The van der Waals surface area contributed by atoms with Gasteiger partial charge in [-0.2, -0.15) is 0 Å². The van der Waals surface area contributed by atoms with Gasteiger partial charge in [-0.15, -0.1) is 0 Å². The Kier molecular flexibility index (Phi) is 2.95. The monoisotopic (exact) mass is 266 g/mol. The fourth-order valence-electron chi connectivity index (χ4n) is 4.20. The molecular formula is C13H18N2O4. The number of carbonyl (C=O) groups excluding carboxylic acids is 2. The number of amides is 2. The largest absolute Gasteiger partial charge is 0.480 e. The molecule has 3 aliphatic rings. The molecule has 0 radical (unpaired) electrons. The molecule has 0 aliphatic heterocycles. The van der Waals surface area contributed by atoms with Crippen molar-refractivity contribution in [2.45, 2.75) is 19.3 Å². The van der Waals surface area contributed by atoms with Crippen molar-refractivity contribution in [3.05, 3.63) is 0 Å². The van der Waals surface area contributed by atoms with Crippen molar-refractivity contribution in [3.63, 3.8) is 0 Å². The average Bonchev–Trinajstić information content (AvgIpc) is 2.82. The standard InChI is InChI=1S/C13H18N2O4/c16-8(14-5-9(17)18)4-15-13(19)12-10-6-1-2-7(3-6)11(10)12/h6-7,10-12H,1-5H2,(H,14,16)(H,15,19)(H,17,18). The van der Waals surface area contributed by atoms with Crippen LogP contribution in [0.15, 0.2) is 0 Å². The fraction of sp³-hybridized carbons (Fsp3) is 0.769. The van der Waals surface area contributed by atoms with Crippen molar-refractivity contribution in [1.29, 1.82) is 0 Å². The van der Waals surface area contributed by atoms with Crippen molar-refractivity contribution in [2.24, 2.45) is 29.6 Å². The van der Waals surface area contributed by atoms with E-state index in [1.54, 1.807) is 0 Å². The van der Waals surface area contributed by atoms with Crippen LogP contribution in [0, 0.1) is 29.6 Å². The van der Waals surface area contributed by atoms with Gasteiger partial charge in [0, 0.05) is 5.92 Å². The third kappa shape index (κ3) is 2.19. The molecule has 0 heterocycles. The molecule has 3 saturated carbocycles. The van der Waals surface area contributed by atoms with Crippen LogP contribution in [0.3, 0.4) is 0 Å². The summed E-state index contributed by atoms with van der Waals surface area (Å²) in [5.41, 5.74) is 0. The molecule has 6 heteroatoms. The Balaban J connectivity index is 1.41. The second-order valence-corrected chi connectivity index (χ2v) is 5.90. The Morgan fingerprint density at radius 1 is 1.00 bits per heavy atom. The summed E-state index contributed by atoms with van der Waals surface area (Å²) in [4.78, 5) is 33.5. The van der Waals surface area contributed by atoms with E-state index in [9.17, 15) is 14.4 Å². The molecule has 3 aliphatic carbocycles. The molecule has 0 aromatic carbocycles. The van der Waals surface area contributed by atoms with Crippen LogP contribution < -0.4 is 10.6 Å². The lowest BCUT2D eigenvalue weighted by Crippen LogP contribution is -2.40. The van der Waals surface area contributed by atoms with Crippen molar-refractivity contribution in [3.8, 4) is 0 Å². The van der Waals surface area contributed by atoms with Crippen molar-refractivity contribution >= 4 is 17.8 Å². The molecule has 3 fully saturated rings. The first kappa shape index (κ1) is 12.4. The van der Waals surface area contributed by atoms with E-state index in [1.807, 2.05) is 0 Å². The summed E-state index contributed by atoms with van der Waals surface area (Å²) in [7, 11) is 0. The van der Waals surface area contributed by atoms with E-state index in [-0.39, 0.29) is 18.4 Å². The van der Waals surface area contributed by atoms with Crippen molar-refractivity contribution < 1.29 is 19.5 Å². The molecule has 2 bridgehead atoms. The molecular weight excluding hydrogens is 248 g/mol. The lowest BCUT2D eigenvalue weighted by Gasteiger charge is -2.09. The maximum Gasteiger partial charge on any atom is 0.322 e. The van der Waals surface area contributed by atoms with Gasteiger partial charge in [0.25, 0.3) is 0 Å². The van der Waals surface area contributed by atoms with E-state index < -0.39 is 18.4 Å². The minimum atomic E-state index is -1.09. The van der Waals surface area contributed by atoms with Gasteiger partial charge in [-0.25, -0.2) is 0 Å². The van der Waals surface area contributed by atoms with E-state index in [4.69, 9.17) is 5.11 Å². The van der Waals surface area contributed by atoms with Gasteiger partial charge in [-0.1, -0.05) is 0 Å². The number of hydrogen-bond donors (Lipinski definition) is 3. The maximum absolute atomic E-state index is 12.0. The molecule has 6 nitrogen and oxygen atoms in total. The maximum atomic E-state index is 12.0. The molecule has 104 valence electrons. The lowest BCUT2D eigenvalue weighted by atomic mass is 10.0. The van der Waals surface area contributed by atoms with Crippen LogP contribution in [0.5, 0.6) is 0 Å². The SMILES string of the molecule is O=C(O)CNC(=O)CNC(=O)C1C2C3CCC(C3)C12. The van der Waals surface area contributed by atoms with E-state index in [2.05, 4.69) is 10.6 Å². The summed E-state index contributed by atoms with van der Waals surface area (Å²) in [6.07, 6.45) is 3.81. The predicted molar refractivity (Wildman–Crippen MR) is 65.0 cm³/mol. The summed E-state index contributed by atoms with van der Waals surface area (Å²) >= 11 is 0. The van der Waals surface area contributed by atoms with E-state index in [1.165, 1.54) is 19.3 Å². The fourth-order valence-corrected chi connectivity index (χ4v) is 4.20. The third-order valence-electron chi connectivity index (χ3n) is 4.90. The highest BCUT2D eigenvalue weighted by Crippen LogP contribution is 2.69. The Morgan fingerprint density at radius 3 is 2.21 bits per heavy atom. The zero-order chi connectivity index (χ0) is 13.6.